The van der Waals surface area contributed by atoms with E-state index < -0.39 is 0 Å². The molecular formula is C11H15NOS. The van der Waals surface area contributed by atoms with Gasteiger partial charge in [-0.05, 0) is 24.0 Å². The van der Waals surface area contributed by atoms with E-state index in [4.69, 9.17) is 4.74 Å². The molecular weight excluding hydrogens is 194 g/mol. The summed E-state index contributed by atoms with van der Waals surface area (Å²) in [5, 5.41) is 3.44. The van der Waals surface area contributed by atoms with Crippen LogP contribution in [0, 0.1) is 0 Å². The summed E-state index contributed by atoms with van der Waals surface area (Å²) < 4.78 is 5.12. The molecule has 0 saturated carbocycles. The Morgan fingerprint density at radius 3 is 3.00 bits per heavy atom. The van der Waals surface area contributed by atoms with Crippen LogP contribution in [0.1, 0.15) is 5.56 Å². The molecule has 0 radical (unpaired) electrons. The molecule has 1 N–H and O–H groups in total. The van der Waals surface area contributed by atoms with Gasteiger partial charge < -0.3 is 10.1 Å². The summed E-state index contributed by atoms with van der Waals surface area (Å²) in [6, 6.07) is 9.11. The predicted molar refractivity (Wildman–Crippen MR) is 61.9 cm³/mol. The Morgan fingerprint density at radius 2 is 2.36 bits per heavy atom. The van der Waals surface area contributed by atoms with Crippen molar-refractivity contribution < 1.29 is 4.74 Å². The first-order chi connectivity index (χ1) is 6.88. The van der Waals surface area contributed by atoms with Gasteiger partial charge in [-0.15, -0.1) is 0 Å². The van der Waals surface area contributed by atoms with Crippen molar-refractivity contribution in [1.82, 2.24) is 0 Å². The normalized spacial score (nSPS) is 16.4. The molecule has 1 fully saturated rings. The van der Waals surface area contributed by atoms with Crippen LogP contribution in [0.2, 0.25) is 0 Å². The van der Waals surface area contributed by atoms with E-state index in [9.17, 15) is 0 Å². The molecule has 0 unspecified atom stereocenters. The van der Waals surface area contributed by atoms with Gasteiger partial charge in [0.15, 0.2) is 0 Å². The minimum atomic E-state index is 0.513. The van der Waals surface area contributed by atoms with Crippen LogP contribution in [-0.2, 0) is 10.5 Å². The summed E-state index contributed by atoms with van der Waals surface area (Å²) in [7, 11) is 0. The SMILES string of the molecule is CSCc1cccc(NC2COC2)c1. The Morgan fingerprint density at radius 1 is 1.50 bits per heavy atom. The summed E-state index contributed by atoms with van der Waals surface area (Å²) in [6.07, 6.45) is 2.12. The third-order valence-corrected chi connectivity index (χ3v) is 2.87. The maximum Gasteiger partial charge on any atom is 0.0728 e. The lowest BCUT2D eigenvalue weighted by Gasteiger charge is -2.28. The second-order valence-corrected chi connectivity index (χ2v) is 4.38. The highest BCUT2D eigenvalue weighted by molar-refractivity contribution is 7.97. The van der Waals surface area contributed by atoms with Crippen molar-refractivity contribution >= 4 is 17.4 Å². The number of hydrogen-bond donors (Lipinski definition) is 1. The number of rotatable bonds is 4. The molecule has 1 aliphatic rings. The molecule has 76 valence electrons. The van der Waals surface area contributed by atoms with Crippen molar-refractivity contribution in [3.8, 4) is 0 Å². The summed E-state index contributed by atoms with van der Waals surface area (Å²) in [6.45, 7) is 1.68. The fourth-order valence-corrected chi connectivity index (χ4v) is 1.99. The molecule has 2 nitrogen and oxygen atoms in total. The van der Waals surface area contributed by atoms with Gasteiger partial charge in [-0.25, -0.2) is 0 Å². The second-order valence-electron chi connectivity index (χ2n) is 3.51. The Bertz CT molecular complexity index is 299. The molecule has 3 heteroatoms. The zero-order valence-corrected chi connectivity index (χ0v) is 9.14. The Hall–Kier alpha value is -0.670. The first-order valence-electron chi connectivity index (χ1n) is 4.80. The molecule has 14 heavy (non-hydrogen) atoms. The maximum atomic E-state index is 5.12. The lowest BCUT2D eigenvalue weighted by molar-refractivity contribution is 0.0211. The summed E-state index contributed by atoms with van der Waals surface area (Å²) >= 11 is 1.85. The number of ether oxygens (including phenoxy) is 1. The maximum absolute atomic E-state index is 5.12. The molecule has 0 spiro atoms. The van der Waals surface area contributed by atoms with Gasteiger partial charge in [0.05, 0.1) is 19.3 Å². The van der Waals surface area contributed by atoms with Crippen molar-refractivity contribution in [1.29, 1.82) is 0 Å². The number of hydrogen-bond acceptors (Lipinski definition) is 3. The minimum Gasteiger partial charge on any atom is -0.378 e. The summed E-state index contributed by atoms with van der Waals surface area (Å²) in [5.74, 6) is 1.08. The molecule has 2 rings (SSSR count). The minimum absolute atomic E-state index is 0.513. The van der Waals surface area contributed by atoms with Crippen molar-refractivity contribution in [3.05, 3.63) is 29.8 Å². The fourth-order valence-electron chi connectivity index (χ4n) is 1.47. The van der Waals surface area contributed by atoms with Crippen LogP contribution in [0.25, 0.3) is 0 Å². The van der Waals surface area contributed by atoms with Gasteiger partial charge in [-0.1, -0.05) is 12.1 Å². The molecule has 0 amide bonds. The average molecular weight is 209 g/mol. The van der Waals surface area contributed by atoms with E-state index >= 15 is 0 Å². The molecule has 1 aromatic rings. The molecule has 1 aliphatic heterocycles. The van der Waals surface area contributed by atoms with Crippen molar-refractivity contribution in [2.45, 2.75) is 11.8 Å². The molecule has 0 aromatic heterocycles. The second kappa shape index (κ2) is 4.71. The zero-order chi connectivity index (χ0) is 9.80. The van der Waals surface area contributed by atoms with Crippen LogP contribution < -0.4 is 5.32 Å². The summed E-state index contributed by atoms with van der Waals surface area (Å²) in [5.41, 5.74) is 2.59. The molecule has 0 aliphatic carbocycles. The molecule has 1 heterocycles. The van der Waals surface area contributed by atoms with Gasteiger partial charge in [0.2, 0.25) is 0 Å². The van der Waals surface area contributed by atoms with E-state index in [1.165, 1.54) is 11.3 Å². The van der Waals surface area contributed by atoms with Gasteiger partial charge in [-0.3, -0.25) is 0 Å². The van der Waals surface area contributed by atoms with E-state index in [1.807, 2.05) is 11.8 Å². The Kier molecular flexibility index (Phi) is 3.32. The van der Waals surface area contributed by atoms with E-state index in [0.717, 1.165) is 19.0 Å². The highest BCUT2D eigenvalue weighted by Crippen LogP contribution is 2.17. The summed E-state index contributed by atoms with van der Waals surface area (Å²) in [4.78, 5) is 0. The average Bonchev–Trinajstić information content (AvgIpc) is 2.13. The van der Waals surface area contributed by atoms with Crippen LogP contribution >= 0.6 is 11.8 Å². The van der Waals surface area contributed by atoms with Gasteiger partial charge in [-0.2, -0.15) is 11.8 Å². The van der Waals surface area contributed by atoms with Crippen LogP contribution in [-0.4, -0.2) is 25.5 Å². The van der Waals surface area contributed by atoms with Crippen LogP contribution in [0.5, 0.6) is 0 Å². The quantitative estimate of drug-likeness (QED) is 0.822. The lowest BCUT2D eigenvalue weighted by Crippen LogP contribution is -2.40. The Balaban J connectivity index is 1.97. The van der Waals surface area contributed by atoms with Crippen molar-refractivity contribution in [2.75, 3.05) is 24.8 Å². The van der Waals surface area contributed by atoms with Gasteiger partial charge in [0.25, 0.3) is 0 Å². The third kappa shape index (κ3) is 2.42. The van der Waals surface area contributed by atoms with E-state index in [1.54, 1.807) is 0 Å². The van der Waals surface area contributed by atoms with E-state index in [0.29, 0.717) is 6.04 Å². The lowest BCUT2D eigenvalue weighted by atomic mass is 10.2. The third-order valence-electron chi connectivity index (χ3n) is 2.25. The monoisotopic (exact) mass is 209 g/mol. The predicted octanol–water partition coefficient (Wildman–Crippen LogP) is 2.36. The number of anilines is 1. The zero-order valence-electron chi connectivity index (χ0n) is 8.32. The van der Waals surface area contributed by atoms with Crippen LogP contribution in [0.15, 0.2) is 24.3 Å². The fraction of sp³-hybridized carbons (Fsp3) is 0.455. The van der Waals surface area contributed by atoms with E-state index in [-0.39, 0.29) is 0 Å². The van der Waals surface area contributed by atoms with E-state index in [2.05, 4.69) is 35.8 Å². The molecule has 0 atom stereocenters. The topological polar surface area (TPSA) is 21.3 Å². The standard InChI is InChI=1S/C11H15NOS/c1-14-8-9-3-2-4-10(5-9)12-11-6-13-7-11/h2-5,11-12H,6-8H2,1H3. The molecule has 0 bridgehead atoms. The first-order valence-corrected chi connectivity index (χ1v) is 6.20. The van der Waals surface area contributed by atoms with Crippen LogP contribution in [0.4, 0.5) is 5.69 Å². The van der Waals surface area contributed by atoms with Crippen LogP contribution in [0.3, 0.4) is 0 Å². The van der Waals surface area contributed by atoms with Gasteiger partial charge in [0.1, 0.15) is 0 Å². The largest absolute Gasteiger partial charge is 0.378 e. The molecule has 1 saturated heterocycles. The Labute approximate surface area is 89.0 Å². The van der Waals surface area contributed by atoms with Crippen molar-refractivity contribution in [2.24, 2.45) is 0 Å². The van der Waals surface area contributed by atoms with Gasteiger partial charge >= 0.3 is 0 Å². The smallest absolute Gasteiger partial charge is 0.0728 e. The van der Waals surface area contributed by atoms with Crippen molar-refractivity contribution in [3.63, 3.8) is 0 Å². The highest BCUT2D eigenvalue weighted by atomic mass is 32.2. The van der Waals surface area contributed by atoms with Gasteiger partial charge in [0, 0.05) is 11.4 Å². The highest BCUT2D eigenvalue weighted by Gasteiger charge is 2.17. The number of benzene rings is 1. The first kappa shape index (κ1) is 9.87. The molecule has 1 aromatic carbocycles. The number of thioether (sulfide) groups is 1. The number of nitrogens with one attached hydrogen (secondary N) is 1.